The van der Waals surface area contributed by atoms with E-state index in [0.717, 1.165) is 10.3 Å². The molecule has 2 heterocycles. The summed E-state index contributed by atoms with van der Waals surface area (Å²) >= 11 is 0. The maximum Gasteiger partial charge on any atom is 0.328 e. The summed E-state index contributed by atoms with van der Waals surface area (Å²) in [5, 5.41) is 12.8. The van der Waals surface area contributed by atoms with E-state index in [1.807, 2.05) is 18.2 Å². The van der Waals surface area contributed by atoms with Crippen LogP contribution in [0.4, 0.5) is 0 Å². The zero-order chi connectivity index (χ0) is 21.8. The third-order valence-electron chi connectivity index (χ3n) is 5.69. The number of hydrogen-bond donors (Lipinski definition) is 2. The number of nitrogens with zero attached hydrogens (tertiary/aromatic N) is 1. The molecular formula is C21H22N2O6S. The van der Waals surface area contributed by atoms with Crippen LogP contribution in [0.5, 0.6) is 5.75 Å². The second kappa shape index (κ2) is 7.09. The van der Waals surface area contributed by atoms with Crippen molar-refractivity contribution in [3.63, 3.8) is 0 Å². The van der Waals surface area contributed by atoms with Crippen LogP contribution in [0.25, 0.3) is 10.8 Å². The first-order valence-corrected chi connectivity index (χ1v) is 10.8. The number of nitrogens with one attached hydrogen (secondary N) is 1. The van der Waals surface area contributed by atoms with Gasteiger partial charge in [0, 0.05) is 0 Å². The Labute approximate surface area is 175 Å². The number of β-lactam (4-membered cyclic amide) rings is 1. The van der Waals surface area contributed by atoms with Gasteiger partial charge in [0.05, 0.1) is 27.7 Å². The fourth-order valence-electron chi connectivity index (χ4n) is 4.27. The van der Waals surface area contributed by atoms with Gasteiger partial charge in [-0.05, 0) is 37.6 Å². The van der Waals surface area contributed by atoms with E-state index < -0.39 is 50.8 Å². The number of hydrogen-bond acceptors (Lipinski definition) is 5. The van der Waals surface area contributed by atoms with Crippen molar-refractivity contribution in [1.29, 1.82) is 0 Å². The number of rotatable bonds is 5. The predicted octanol–water partition coefficient (Wildman–Crippen LogP) is 1.50. The second-order valence-electron chi connectivity index (χ2n) is 7.82. The first-order valence-electron chi connectivity index (χ1n) is 9.61. The third-order valence-corrected chi connectivity index (χ3v) is 7.89. The van der Waals surface area contributed by atoms with Gasteiger partial charge in [-0.3, -0.25) is 13.8 Å². The number of carboxylic acids is 1. The Kier molecular flexibility index (Phi) is 4.80. The van der Waals surface area contributed by atoms with Crippen molar-refractivity contribution in [2.45, 2.75) is 43.0 Å². The number of benzene rings is 2. The van der Waals surface area contributed by atoms with Gasteiger partial charge < -0.3 is 20.1 Å². The van der Waals surface area contributed by atoms with Crippen LogP contribution in [-0.4, -0.2) is 60.8 Å². The maximum absolute atomic E-state index is 13.2. The van der Waals surface area contributed by atoms with Crippen LogP contribution in [0.15, 0.2) is 36.4 Å². The molecule has 4 atom stereocenters. The van der Waals surface area contributed by atoms with Crippen molar-refractivity contribution >= 4 is 39.4 Å². The Morgan fingerprint density at radius 1 is 1.23 bits per heavy atom. The molecule has 0 aromatic heterocycles. The molecule has 2 saturated heterocycles. The molecule has 0 bridgehead atoms. The van der Waals surface area contributed by atoms with E-state index in [9.17, 15) is 23.7 Å². The first kappa shape index (κ1) is 20.3. The standard InChI is InChI=1S/C21H22N2O6S/c1-4-29-13-10-9-11-7-5-6-8-12(11)14(13)17(24)22-15-18(25)23-16(20(26)27)21(2,3)30(28)19(15)23/h5-10,15-16,19H,4H2,1-3H3,(H,22,24)(H,26,27)/t15-,16+,19-,30?/m1/s1. The lowest BCUT2D eigenvalue weighted by Crippen LogP contribution is -2.71. The Morgan fingerprint density at radius 3 is 2.60 bits per heavy atom. The number of carbonyl (C=O) groups excluding carboxylic acids is 2. The lowest BCUT2D eigenvalue weighted by atomic mass is 9.95. The van der Waals surface area contributed by atoms with E-state index in [1.54, 1.807) is 39.0 Å². The third kappa shape index (κ3) is 2.79. The van der Waals surface area contributed by atoms with Crippen molar-refractivity contribution in [3.05, 3.63) is 42.0 Å². The summed E-state index contributed by atoms with van der Waals surface area (Å²) in [6, 6.07) is 8.62. The Balaban J connectivity index is 1.68. The van der Waals surface area contributed by atoms with Crippen molar-refractivity contribution in [3.8, 4) is 5.75 Å². The minimum Gasteiger partial charge on any atom is -0.493 e. The van der Waals surface area contributed by atoms with Gasteiger partial charge in [0.1, 0.15) is 23.2 Å². The van der Waals surface area contributed by atoms with Gasteiger partial charge in [-0.1, -0.05) is 30.3 Å². The smallest absolute Gasteiger partial charge is 0.328 e. The topological polar surface area (TPSA) is 113 Å². The fraction of sp³-hybridized carbons (Fsp3) is 0.381. The predicted molar refractivity (Wildman–Crippen MR) is 111 cm³/mol. The highest BCUT2D eigenvalue weighted by molar-refractivity contribution is 7.87. The van der Waals surface area contributed by atoms with Crippen LogP contribution in [0.2, 0.25) is 0 Å². The molecular weight excluding hydrogens is 408 g/mol. The number of carboxylic acid groups (broad SMARTS) is 1. The highest BCUT2D eigenvalue weighted by Gasteiger charge is 2.68. The van der Waals surface area contributed by atoms with Gasteiger partial charge in [-0.15, -0.1) is 0 Å². The zero-order valence-corrected chi connectivity index (χ0v) is 17.6. The molecule has 0 spiro atoms. The number of ether oxygens (including phenoxy) is 1. The molecule has 30 heavy (non-hydrogen) atoms. The first-order chi connectivity index (χ1) is 14.2. The fourth-order valence-corrected chi connectivity index (χ4v) is 6.19. The second-order valence-corrected chi connectivity index (χ2v) is 9.95. The van der Waals surface area contributed by atoms with Crippen LogP contribution in [-0.2, 0) is 20.4 Å². The van der Waals surface area contributed by atoms with Gasteiger partial charge in [0.25, 0.3) is 5.91 Å². The van der Waals surface area contributed by atoms with E-state index >= 15 is 0 Å². The summed E-state index contributed by atoms with van der Waals surface area (Å²) in [6.45, 7) is 5.28. The van der Waals surface area contributed by atoms with Crippen molar-refractivity contribution in [2.24, 2.45) is 0 Å². The zero-order valence-electron chi connectivity index (χ0n) is 16.7. The monoisotopic (exact) mass is 430 g/mol. The quantitative estimate of drug-likeness (QED) is 0.695. The molecule has 2 amide bonds. The molecule has 8 nitrogen and oxygen atoms in total. The minimum absolute atomic E-state index is 0.291. The van der Waals surface area contributed by atoms with E-state index in [-0.39, 0.29) is 0 Å². The summed E-state index contributed by atoms with van der Waals surface area (Å²) < 4.78 is 17.4. The van der Waals surface area contributed by atoms with E-state index in [1.165, 1.54) is 0 Å². The molecule has 1 unspecified atom stereocenters. The molecule has 4 rings (SSSR count). The molecule has 158 valence electrons. The lowest BCUT2D eigenvalue weighted by Gasteiger charge is -2.43. The van der Waals surface area contributed by atoms with Gasteiger partial charge in [0.2, 0.25) is 5.91 Å². The van der Waals surface area contributed by atoms with E-state index in [0.29, 0.717) is 23.3 Å². The summed E-state index contributed by atoms with van der Waals surface area (Å²) in [5.41, 5.74) is 0.291. The Hall–Kier alpha value is -2.94. The van der Waals surface area contributed by atoms with Crippen molar-refractivity contribution in [2.75, 3.05) is 6.61 Å². The van der Waals surface area contributed by atoms with E-state index in [2.05, 4.69) is 5.32 Å². The van der Waals surface area contributed by atoms with Crippen LogP contribution in [0.1, 0.15) is 31.1 Å². The van der Waals surface area contributed by atoms with Crippen molar-refractivity contribution in [1.82, 2.24) is 10.2 Å². The molecule has 2 fully saturated rings. The summed E-state index contributed by atoms with van der Waals surface area (Å²) in [4.78, 5) is 38.7. The van der Waals surface area contributed by atoms with Gasteiger partial charge in [-0.2, -0.15) is 0 Å². The summed E-state index contributed by atoms with van der Waals surface area (Å²) in [7, 11) is -1.65. The van der Waals surface area contributed by atoms with Crippen LogP contribution in [0.3, 0.4) is 0 Å². The van der Waals surface area contributed by atoms with Gasteiger partial charge >= 0.3 is 5.97 Å². The van der Waals surface area contributed by atoms with E-state index in [4.69, 9.17) is 4.74 Å². The molecule has 2 aliphatic heterocycles. The SMILES string of the molecule is CCOc1ccc2ccccc2c1C(=O)N[C@@H]1C(=O)N2[C@@H]1S(=O)C(C)(C)[C@@H]2C(=O)O. The Morgan fingerprint density at radius 2 is 1.93 bits per heavy atom. The van der Waals surface area contributed by atoms with Crippen LogP contribution < -0.4 is 10.1 Å². The molecule has 2 aromatic carbocycles. The number of aliphatic carboxylic acids is 1. The number of amides is 2. The molecule has 0 aliphatic carbocycles. The molecule has 0 radical (unpaired) electrons. The minimum atomic E-state index is -1.65. The molecule has 2 N–H and O–H groups in total. The highest BCUT2D eigenvalue weighted by Crippen LogP contribution is 2.43. The molecule has 2 aliphatic rings. The average Bonchev–Trinajstić information content (AvgIpc) is 2.89. The number of fused-ring (bicyclic) bond motifs is 2. The van der Waals surface area contributed by atoms with Crippen molar-refractivity contribution < 1.29 is 28.4 Å². The largest absolute Gasteiger partial charge is 0.493 e. The molecule has 9 heteroatoms. The summed E-state index contributed by atoms with van der Waals surface area (Å²) in [5.74, 6) is -1.89. The van der Waals surface area contributed by atoms with Crippen LogP contribution in [0, 0.1) is 0 Å². The number of carbonyl (C=O) groups is 3. The lowest BCUT2D eigenvalue weighted by molar-refractivity contribution is -0.159. The van der Waals surface area contributed by atoms with Crippen LogP contribution >= 0.6 is 0 Å². The normalized spacial score (nSPS) is 26.8. The Bertz CT molecular complexity index is 1100. The van der Waals surface area contributed by atoms with Gasteiger partial charge in [0.15, 0.2) is 0 Å². The molecule has 2 aromatic rings. The molecule has 0 saturated carbocycles. The van der Waals surface area contributed by atoms with Gasteiger partial charge in [-0.25, -0.2) is 4.79 Å². The highest BCUT2D eigenvalue weighted by atomic mass is 32.2. The maximum atomic E-state index is 13.2. The average molecular weight is 430 g/mol. The summed E-state index contributed by atoms with van der Waals surface area (Å²) in [6.07, 6.45) is 0.